The lowest BCUT2D eigenvalue weighted by atomic mass is 10.3. The van der Waals surface area contributed by atoms with Gasteiger partial charge >= 0.3 is 6.36 Å². The normalized spacial score (nSPS) is 11.3. The highest BCUT2D eigenvalue weighted by Gasteiger charge is 2.33. The molecular formula is C8H10F3N3O2. The van der Waals surface area contributed by atoms with E-state index in [1.165, 1.54) is 7.11 Å². The lowest BCUT2D eigenvalue weighted by Gasteiger charge is -2.14. The minimum atomic E-state index is -4.83. The number of aromatic nitrogens is 1. The molecule has 8 heteroatoms. The molecule has 16 heavy (non-hydrogen) atoms. The highest BCUT2D eigenvalue weighted by Crippen LogP contribution is 2.36. The molecule has 0 atom stereocenters. The molecule has 0 bridgehead atoms. The van der Waals surface area contributed by atoms with Crippen molar-refractivity contribution < 1.29 is 22.6 Å². The summed E-state index contributed by atoms with van der Waals surface area (Å²) in [5.41, 5.74) is 10.8. The molecule has 0 unspecified atom stereocenters. The van der Waals surface area contributed by atoms with Gasteiger partial charge in [0, 0.05) is 12.6 Å². The van der Waals surface area contributed by atoms with Crippen molar-refractivity contribution in [1.82, 2.24) is 4.98 Å². The van der Waals surface area contributed by atoms with Crippen LogP contribution in [0.5, 0.6) is 11.5 Å². The minimum Gasteiger partial charge on any atom is -0.490 e. The van der Waals surface area contributed by atoms with E-state index in [0.717, 1.165) is 6.07 Å². The van der Waals surface area contributed by atoms with Gasteiger partial charge in [-0.2, -0.15) is 0 Å². The van der Waals surface area contributed by atoms with Gasteiger partial charge in [0.05, 0.1) is 12.8 Å². The van der Waals surface area contributed by atoms with Crippen LogP contribution in [0.25, 0.3) is 0 Å². The fourth-order valence-electron chi connectivity index (χ4n) is 1.09. The Morgan fingerprint density at radius 1 is 1.44 bits per heavy atom. The lowest BCUT2D eigenvalue weighted by Crippen LogP contribution is -2.18. The summed E-state index contributed by atoms with van der Waals surface area (Å²) in [4.78, 5) is 3.73. The van der Waals surface area contributed by atoms with Crippen LogP contribution in [-0.2, 0) is 6.54 Å². The minimum absolute atomic E-state index is 0.0532. The summed E-state index contributed by atoms with van der Waals surface area (Å²) in [7, 11) is 1.17. The molecule has 0 saturated heterocycles. The van der Waals surface area contributed by atoms with Crippen molar-refractivity contribution in [3.63, 3.8) is 0 Å². The second-order valence-electron chi connectivity index (χ2n) is 2.78. The van der Waals surface area contributed by atoms with Crippen LogP contribution in [0.15, 0.2) is 6.07 Å². The van der Waals surface area contributed by atoms with Crippen molar-refractivity contribution in [3.05, 3.63) is 11.8 Å². The van der Waals surface area contributed by atoms with E-state index in [2.05, 4.69) is 14.5 Å². The van der Waals surface area contributed by atoms with Crippen molar-refractivity contribution in [3.8, 4) is 11.5 Å². The lowest BCUT2D eigenvalue weighted by molar-refractivity contribution is -0.275. The van der Waals surface area contributed by atoms with Gasteiger partial charge in [-0.25, -0.2) is 4.98 Å². The molecule has 0 aliphatic carbocycles. The Morgan fingerprint density at radius 2 is 2.06 bits per heavy atom. The second-order valence-corrected chi connectivity index (χ2v) is 2.78. The summed E-state index contributed by atoms with van der Waals surface area (Å²) in [6, 6.07) is 1.03. The van der Waals surface area contributed by atoms with Gasteiger partial charge in [-0.1, -0.05) is 0 Å². The molecule has 1 heterocycles. The molecule has 4 N–H and O–H groups in total. The van der Waals surface area contributed by atoms with Crippen LogP contribution in [0.2, 0.25) is 0 Å². The number of nitrogens with two attached hydrogens (primary N) is 2. The third-order valence-electron chi connectivity index (χ3n) is 1.66. The number of ether oxygens (including phenoxy) is 2. The number of pyridine rings is 1. The van der Waals surface area contributed by atoms with Gasteiger partial charge in [0.25, 0.3) is 0 Å². The van der Waals surface area contributed by atoms with E-state index in [9.17, 15) is 13.2 Å². The molecular weight excluding hydrogens is 227 g/mol. The monoisotopic (exact) mass is 237 g/mol. The van der Waals surface area contributed by atoms with Crippen LogP contribution < -0.4 is 20.9 Å². The number of nitrogens with zero attached hydrogens (tertiary/aromatic N) is 1. The average molecular weight is 237 g/mol. The third kappa shape index (κ3) is 2.89. The zero-order valence-electron chi connectivity index (χ0n) is 8.34. The van der Waals surface area contributed by atoms with Gasteiger partial charge in [-0.3, -0.25) is 0 Å². The molecule has 90 valence electrons. The fourth-order valence-corrected chi connectivity index (χ4v) is 1.09. The van der Waals surface area contributed by atoms with E-state index in [-0.39, 0.29) is 23.8 Å². The Morgan fingerprint density at radius 3 is 2.50 bits per heavy atom. The maximum absolute atomic E-state index is 12.1. The molecule has 1 aromatic heterocycles. The number of anilines is 1. The van der Waals surface area contributed by atoms with Gasteiger partial charge in [-0.15, -0.1) is 13.2 Å². The van der Waals surface area contributed by atoms with E-state index in [1.807, 2.05) is 0 Å². The average Bonchev–Trinajstić information content (AvgIpc) is 2.14. The molecule has 0 radical (unpaired) electrons. The number of hydrogen-bond acceptors (Lipinski definition) is 5. The van der Waals surface area contributed by atoms with Gasteiger partial charge in [0.15, 0.2) is 11.6 Å². The zero-order chi connectivity index (χ0) is 12.3. The predicted octanol–water partition coefficient (Wildman–Crippen LogP) is 1.03. The summed E-state index contributed by atoms with van der Waals surface area (Å²) in [5.74, 6) is -1.03. The maximum atomic E-state index is 12.1. The highest BCUT2D eigenvalue weighted by molar-refractivity contribution is 5.56. The molecule has 0 amide bonds. The standard InChI is InChI=1S/C8H10F3N3O2/c1-15-6-5(16-8(9,10)11)2-4(3-12)14-7(6)13/h2H,3,12H2,1H3,(H2,13,14). The summed E-state index contributed by atoms with van der Waals surface area (Å²) < 4.78 is 44.6. The second kappa shape index (κ2) is 4.44. The summed E-state index contributed by atoms with van der Waals surface area (Å²) in [6.07, 6.45) is -4.83. The topological polar surface area (TPSA) is 83.4 Å². The van der Waals surface area contributed by atoms with Crippen LogP contribution in [0.1, 0.15) is 5.69 Å². The largest absolute Gasteiger partial charge is 0.573 e. The van der Waals surface area contributed by atoms with Crippen molar-refractivity contribution in [2.45, 2.75) is 12.9 Å². The first-order chi connectivity index (χ1) is 7.37. The zero-order valence-corrected chi connectivity index (χ0v) is 8.34. The van der Waals surface area contributed by atoms with Crippen molar-refractivity contribution in [1.29, 1.82) is 0 Å². The summed E-state index contributed by atoms with van der Waals surface area (Å²) in [5, 5.41) is 0. The first-order valence-electron chi connectivity index (χ1n) is 4.16. The molecule has 0 aliphatic rings. The predicted molar refractivity (Wildman–Crippen MR) is 49.8 cm³/mol. The molecule has 1 aromatic rings. The quantitative estimate of drug-likeness (QED) is 0.820. The van der Waals surface area contributed by atoms with E-state index >= 15 is 0 Å². The molecule has 0 fully saturated rings. The van der Waals surface area contributed by atoms with Crippen LogP contribution in [-0.4, -0.2) is 18.5 Å². The van der Waals surface area contributed by atoms with Gasteiger partial charge in [-0.05, 0) is 0 Å². The fraction of sp³-hybridized carbons (Fsp3) is 0.375. The molecule has 1 rings (SSSR count). The van der Waals surface area contributed by atoms with E-state index in [0.29, 0.717) is 0 Å². The SMILES string of the molecule is COc1c(OC(F)(F)F)cc(CN)nc1N. The van der Waals surface area contributed by atoms with Crippen LogP contribution in [0.3, 0.4) is 0 Å². The van der Waals surface area contributed by atoms with Crippen LogP contribution >= 0.6 is 0 Å². The smallest absolute Gasteiger partial charge is 0.490 e. The number of halogens is 3. The maximum Gasteiger partial charge on any atom is 0.573 e. The van der Waals surface area contributed by atoms with Gasteiger partial charge < -0.3 is 20.9 Å². The number of nitrogen functional groups attached to an aromatic ring is 1. The molecule has 0 aliphatic heterocycles. The summed E-state index contributed by atoms with van der Waals surface area (Å²) >= 11 is 0. The molecule has 0 spiro atoms. The van der Waals surface area contributed by atoms with Gasteiger partial charge in [0.2, 0.25) is 5.75 Å². The molecule has 0 saturated carbocycles. The van der Waals surface area contributed by atoms with Crippen LogP contribution in [0.4, 0.5) is 19.0 Å². The third-order valence-corrected chi connectivity index (χ3v) is 1.66. The van der Waals surface area contributed by atoms with Crippen molar-refractivity contribution >= 4 is 5.82 Å². The van der Waals surface area contributed by atoms with E-state index < -0.39 is 12.1 Å². The first-order valence-corrected chi connectivity index (χ1v) is 4.16. The Balaban J connectivity index is 3.18. The van der Waals surface area contributed by atoms with E-state index in [4.69, 9.17) is 11.5 Å². The number of alkyl halides is 3. The number of hydrogen-bond donors (Lipinski definition) is 2. The molecule has 0 aromatic carbocycles. The van der Waals surface area contributed by atoms with Crippen molar-refractivity contribution in [2.24, 2.45) is 5.73 Å². The summed E-state index contributed by atoms with van der Waals surface area (Å²) in [6.45, 7) is -0.0532. The van der Waals surface area contributed by atoms with Crippen LogP contribution in [0, 0.1) is 0 Å². The Bertz CT molecular complexity index is 382. The first kappa shape index (κ1) is 12.4. The van der Waals surface area contributed by atoms with Crippen molar-refractivity contribution in [2.75, 3.05) is 12.8 Å². The Kier molecular flexibility index (Phi) is 3.43. The molecule has 5 nitrogen and oxygen atoms in total. The van der Waals surface area contributed by atoms with E-state index in [1.54, 1.807) is 0 Å². The number of methoxy groups -OCH3 is 1. The van der Waals surface area contributed by atoms with Gasteiger partial charge in [0.1, 0.15) is 0 Å². The highest BCUT2D eigenvalue weighted by atomic mass is 19.4. The number of rotatable bonds is 3. The Hall–Kier alpha value is -1.70. The Labute approximate surface area is 89.1 Å².